The largest absolute Gasteiger partial charge is 0.493 e. The fraction of sp³-hybridized carbons (Fsp3) is 0.625. The molecule has 1 N–H and O–H groups in total. The Bertz CT molecular complexity index is 478. The summed E-state index contributed by atoms with van der Waals surface area (Å²) in [5, 5.41) is 9.31. The van der Waals surface area contributed by atoms with E-state index in [1.54, 1.807) is 14.2 Å². The molecule has 1 aliphatic rings. The summed E-state index contributed by atoms with van der Waals surface area (Å²) in [6.45, 7) is 6.60. The van der Waals surface area contributed by atoms with Crippen molar-refractivity contribution in [1.82, 2.24) is 4.90 Å². The minimum atomic E-state index is -0.103. The van der Waals surface area contributed by atoms with Gasteiger partial charge in [0.05, 0.1) is 33.0 Å². The lowest BCUT2D eigenvalue weighted by Gasteiger charge is -2.36. The first-order valence-corrected chi connectivity index (χ1v) is 7.27. The van der Waals surface area contributed by atoms with Crippen LogP contribution >= 0.6 is 0 Å². The molecule has 2 rings (SSSR count). The van der Waals surface area contributed by atoms with Crippen LogP contribution in [0.5, 0.6) is 11.5 Å². The molecule has 5 heteroatoms. The molecule has 1 saturated heterocycles. The third-order valence-electron chi connectivity index (χ3n) is 3.84. The van der Waals surface area contributed by atoms with E-state index in [1.165, 1.54) is 11.1 Å². The van der Waals surface area contributed by atoms with Gasteiger partial charge >= 0.3 is 0 Å². The highest BCUT2D eigenvalue weighted by molar-refractivity contribution is 5.47. The summed E-state index contributed by atoms with van der Waals surface area (Å²) < 4.78 is 16.4. The van der Waals surface area contributed by atoms with Crippen molar-refractivity contribution in [3.05, 3.63) is 23.3 Å². The van der Waals surface area contributed by atoms with Crippen molar-refractivity contribution in [2.45, 2.75) is 32.6 Å². The Hall–Kier alpha value is -1.30. The highest BCUT2D eigenvalue weighted by Gasteiger charge is 2.25. The van der Waals surface area contributed by atoms with Crippen LogP contribution in [-0.4, -0.2) is 56.1 Å². The maximum absolute atomic E-state index is 9.31. The molecule has 0 radical (unpaired) electrons. The Morgan fingerprint density at radius 2 is 1.90 bits per heavy atom. The van der Waals surface area contributed by atoms with E-state index in [4.69, 9.17) is 14.2 Å². The molecule has 0 aliphatic carbocycles. The summed E-state index contributed by atoms with van der Waals surface area (Å²) in [6, 6.07) is 4.03. The fourth-order valence-corrected chi connectivity index (χ4v) is 2.80. The highest BCUT2D eigenvalue weighted by Crippen LogP contribution is 2.31. The van der Waals surface area contributed by atoms with Crippen molar-refractivity contribution in [1.29, 1.82) is 0 Å². The van der Waals surface area contributed by atoms with Crippen molar-refractivity contribution in [3.63, 3.8) is 0 Å². The molecular formula is C16H25NO4. The minimum Gasteiger partial charge on any atom is -0.493 e. The van der Waals surface area contributed by atoms with Gasteiger partial charge in [-0.25, -0.2) is 0 Å². The summed E-state index contributed by atoms with van der Waals surface area (Å²) >= 11 is 0. The number of benzene rings is 1. The zero-order valence-corrected chi connectivity index (χ0v) is 13.3. The molecule has 118 valence electrons. The molecule has 0 spiro atoms. The lowest BCUT2D eigenvalue weighted by Crippen LogP contribution is -2.47. The summed E-state index contributed by atoms with van der Waals surface area (Å²) in [7, 11) is 3.29. The molecule has 5 nitrogen and oxygen atoms in total. The average molecular weight is 295 g/mol. The number of rotatable bonds is 5. The molecule has 0 amide bonds. The molecule has 1 aromatic rings. The van der Waals surface area contributed by atoms with Crippen LogP contribution in [0.25, 0.3) is 0 Å². The van der Waals surface area contributed by atoms with E-state index in [0.717, 1.165) is 31.1 Å². The van der Waals surface area contributed by atoms with Gasteiger partial charge in [-0.2, -0.15) is 0 Å². The monoisotopic (exact) mass is 295 g/mol. The van der Waals surface area contributed by atoms with Crippen molar-refractivity contribution >= 4 is 0 Å². The molecule has 2 atom stereocenters. The van der Waals surface area contributed by atoms with Gasteiger partial charge in [-0.3, -0.25) is 4.90 Å². The molecule has 1 heterocycles. The Balaban J connectivity index is 2.15. The Labute approximate surface area is 126 Å². The number of methoxy groups -OCH3 is 2. The van der Waals surface area contributed by atoms with Crippen LogP contribution in [0.2, 0.25) is 0 Å². The summed E-state index contributed by atoms with van der Waals surface area (Å²) in [5.41, 5.74) is 2.38. The van der Waals surface area contributed by atoms with E-state index in [9.17, 15) is 5.11 Å². The number of hydrogen-bond donors (Lipinski definition) is 1. The molecule has 21 heavy (non-hydrogen) atoms. The molecule has 0 saturated carbocycles. The van der Waals surface area contributed by atoms with Crippen LogP contribution in [0.15, 0.2) is 12.1 Å². The van der Waals surface area contributed by atoms with Gasteiger partial charge in [0.15, 0.2) is 11.5 Å². The van der Waals surface area contributed by atoms with Gasteiger partial charge in [-0.15, -0.1) is 0 Å². The van der Waals surface area contributed by atoms with Crippen LogP contribution in [0.4, 0.5) is 0 Å². The SMILES string of the molecule is COc1cc(C)c(CN2CC(C)OC(CO)C2)cc1OC. The Morgan fingerprint density at radius 3 is 2.52 bits per heavy atom. The van der Waals surface area contributed by atoms with Crippen LogP contribution in [0.1, 0.15) is 18.1 Å². The van der Waals surface area contributed by atoms with Crippen molar-refractivity contribution in [2.75, 3.05) is 33.9 Å². The summed E-state index contributed by atoms with van der Waals surface area (Å²) in [6.07, 6.45) is 0.0329. The van der Waals surface area contributed by atoms with Gasteiger partial charge in [-0.05, 0) is 37.1 Å². The van der Waals surface area contributed by atoms with Gasteiger partial charge < -0.3 is 19.3 Å². The maximum atomic E-state index is 9.31. The van der Waals surface area contributed by atoms with E-state index >= 15 is 0 Å². The number of aliphatic hydroxyl groups is 1. The van der Waals surface area contributed by atoms with Gasteiger partial charge in [0, 0.05) is 19.6 Å². The molecule has 0 bridgehead atoms. The van der Waals surface area contributed by atoms with Crippen molar-refractivity contribution in [3.8, 4) is 11.5 Å². The highest BCUT2D eigenvalue weighted by atomic mass is 16.5. The third-order valence-corrected chi connectivity index (χ3v) is 3.84. The second-order valence-electron chi connectivity index (χ2n) is 5.58. The molecule has 0 aromatic heterocycles. The quantitative estimate of drug-likeness (QED) is 0.894. The van der Waals surface area contributed by atoms with E-state index in [-0.39, 0.29) is 18.8 Å². The lowest BCUT2D eigenvalue weighted by molar-refractivity contribution is -0.0973. The number of hydrogen-bond acceptors (Lipinski definition) is 5. The van der Waals surface area contributed by atoms with Gasteiger partial charge in [-0.1, -0.05) is 0 Å². The molecule has 1 fully saturated rings. The summed E-state index contributed by atoms with van der Waals surface area (Å²) in [4.78, 5) is 2.31. The van der Waals surface area contributed by atoms with E-state index < -0.39 is 0 Å². The second-order valence-corrected chi connectivity index (χ2v) is 5.58. The maximum Gasteiger partial charge on any atom is 0.161 e. The molecular weight excluding hydrogens is 270 g/mol. The first kappa shape index (κ1) is 16.1. The zero-order valence-electron chi connectivity index (χ0n) is 13.3. The topological polar surface area (TPSA) is 51.2 Å². The van der Waals surface area contributed by atoms with E-state index in [2.05, 4.69) is 11.8 Å². The predicted molar refractivity (Wildman–Crippen MR) is 81.0 cm³/mol. The number of aryl methyl sites for hydroxylation is 1. The zero-order chi connectivity index (χ0) is 15.4. The van der Waals surface area contributed by atoms with Crippen LogP contribution < -0.4 is 9.47 Å². The van der Waals surface area contributed by atoms with Crippen LogP contribution in [0, 0.1) is 6.92 Å². The van der Waals surface area contributed by atoms with Gasteiger partial charge in [0.25, 0.3) is 0 Å². The predicted octanol–water partition coefficient (Wildman–Crippen LogP) is 1.59. The number of ether oxygens (including phenoxy) is 3. The summed E-state index contributed by atoms with van der Waals surface area (Å²) in [5.74, 6) is 1.50. The number of morpholine rings is 1. The smallest absolute Gasteiger partial charge is 0.161 e. The molecule has 1 aromatic carbocycles. The minimum absolute atomic E-state index is 0.0613. The van der Waals surface area contributed by atoms with Crippen LogP contribution in [0.3, 0.4) is 0 Å². The standard InChI is InChI=1S/C16H25NO4/c1-11-5-15(19-3)16(20-4)6-13(11)8-17-7-12(2)21-14(9-17)10-18/h5-6,12,14,18H,7-10H2,1-4H3. The average Bonchev–Trinajstić information content (AvgIpc) is 2.48. The number of aliphatic hydroxyl groups excluding tert-OH is 1. The Morgan fingerprint density at radius 1 is 1.24 bits per heavy atom. The van der Waals surface area contributed by atoms with E-state index in [1.807, 2.05) is 19.1 Å². The van der Waals surface area contributed by atoms with Gasteiger partial charge in [0.1, 0.15) is 0 Å². The van der Waals surface area contributed by atoms with Gasteiger partial charge in [0.2, 0.25) is 0 Å². The van der Waals surface area contributed by atoms with Crippen LogP contribution in [-0.2, 0) is 11.3 Å². The normalized spacial score (nSPS) is 23.1. The molecule has 1 aliphatic heterocycles. The molecule has 2 unspecified atom stereocenters. The number of nitrogens with zero attached hydrogens (tertiary/aromatic N) is 1. The van der Waals surface area contributed by atoms with Crippen molar-refractivity contribution in [2.24, 2.45) is 0 Å². The first-order valence-electron chi connectivity index (χ1n) is 7.27. The van der Waals surface area contributed by atoms with Crippen molar-refractivity contribution < 1.29 is 19.3 Å². The second kappa shape index (κ2) is 7.11. The Kier molecular flexibility index (Phi) is 5.45. The fourth-order valence-electron chi connectivity index (χ4n) is 2.80. The lowest BCUT2D eigenvalue weighted by atomic mass is 10.1. The third kappa shape index (κ3) is 3.87. The van der Waals surface area contributed by atoms with E-state index in [0.29, 0.717) is 0 Å². The first-order chi connectivity index (χ1) is 10.1.